The summed E-state index contributed by atoms with van der Waals surface area (Å²) in [7, 11) is 0. The summed E-state index contributed by atoms with van der Waals surface area (Å²) in [6, 6.07) is 5.65. The van der Waals surface area contributed by atoms with Crippen molar-refractivity contribution in [2.24, 2.45) is 0 Å². The van der Waals surface area contributed by atoms with Crippen molar-refractivity contribution in [1.82, 2.24) is 9.88 Å². The van der Waals surface area contributed by atoms with Crippen LogP contribution in [0.2, 0.25) is 0 Å². The van der Waals surface area contributed by atoms with Crippen LogP contribution in [-0.4, -0.2) is 17.0 Å². The molecule has 0 aliphatic heterocycles. The summed E-state index contributed by atoms with van der Waals surface area (Å²) in [5.74, 6) is -0.743. The molecule has 0 radical (unpaired) electrons. The zero-order valence-corrected chi connectivity index (χ0v) is 11.6. The first-order chi connectivity index (χ1) is 9.58. The van der Waals surface area contributed by atoms with Gasteiger partial charge < -0.3 is 9.88 Å². The van der Waals surface area contributed by atoms with Crippen LogP contribution in [-0.2, 0) is 6.54 Å². The van der Waals surface area contributed by atoms with Crippen LogP contribution in [0.5, 0.6) is 0 Å². The lowest BCUT2D eigenvalue weighted by molar-refractivity contribution is 0.0945. The van der Waals surface area contributed by atoms with Crippen LogP contribution in [0, 0.1) is 5.82 Å². The summed E-state index contributed by atoms with van der Waals surface area (Å²) >= 11 is 0. The van der Waals surface area contributed by atoms with Crippen molar-refractivity contribution >= 4 is 16.7 Å². The largest absolute Gasteiger partial charge is 0.351 e. The fourth-order valence-electron chi connectivity index (χ4n) is 2.20. The maximum absolute atomic E-state index is 13.3. The fraction of sp³-hybridized carbons (Fsp3) is 0.333. The summed E-state index contributed by atoms with van der Waals surface area (Å²) in [6.07, 6.45) is 0.715. The molecule has 0 aliphatic rings. The van der Waals surface area contributed by atoms with Gasteiger partial charge in [0.2, 0.25) is 0 Å². The number of halogens is 1. The minimum Gasteiger partial charge on any atom is -0.351 e. The van der Waals surface area contributed by atoms with E-state index in [0.29, 0.717) is 36.0 Å². The number of hydrogen-bond donors (Lipinski definition) is 1. The molecule has 0 unspecified atom stereocenters. The van der Waals surface area contributed by atoms with Gasteiger partial charge in [-0.15, -0.1) is 0 Å². The number of rotatable bonds is 4. The third kappa shape index (κ3) is 2.57. The van der Waals surface area contributed by atoms with Crippen molar-refractivity contribution in [3.05, 3.63) is 46.1 Å². The van der Waals surface area contributed by atoms with Gasteiger partial charge in [-0.05, 0) is 36.9 Å². The minimum atomic E-state index is -0.455. The Bertz CT molecular complexity index is 707. The van der Waals surface area contributed by atoms with Crippen molar-refractivity contribution in [1.29, 1.82) is 0 Å². The molecule has 2 rings (SSSR count). The Labute approximate surface area is 116 Å². The maximum atomic E-state index is 13.3. The van der Waals surface area contributed by atoms with E-state index in [0.717, 1.165) is 0 Å². The molecule has 20 heavy (non-hydrogen) atoms. The third-order valence-electron chi connectivity index (χ3n) is 3.09. The number of benzene rings is 1. The number of fused-ring (bicyclic) bond motifs is 1. The molecule has 1 aromatic carbocycles. The van der Waals surface area contributed by atoms with Gasteiger partial charge in [-0.3, -0.25) is 9.59 Å². The zero-order chi connectivity index (χ0) is 14.7. The van der Waals surface area contributed by atoms with Crippen molar-refractivity contribution in [3.8, 4) is 0 Å². The Hall–Kier alpha value is -2.17. The molecule has 1 amide bonds. The van der Waals surface area contributed by atoms with Crippen LogP contribution in [0.25, 0.3) is 10.8 Å². The molecule has 0 bridgehead atoms. The van der Waals surface area contributed by atoms with E-state index in [1.165, 1.54) is 22.8 Å². The topological polar surface area (TPSA) is 51.1 Å². The molecule has 4 nitrogen and oxygen atoms in total. The van der Waals surface area contributed by atoms with E-state index < -0.39 is 5.82 Å². The lowest BCUT2D eigenvalue weighted by Crippen LogP contribution is -2.32. The summed E-state index contributed by atoms with van der Waals surface area (Å²) in [5.41, 5.74) is -0.0112. The summed E-state index contributed by atoms with van der Waals surface area (Å²) in [6.45, 7) is 4.65. The molecular formula is C15H17FN2O2. The Morgan fingerprint density at radius 3 is 2.70 bits per heavy atom. The lowest BCUT2D eigenvalue weighted by Gasteiger charge is -2.13. The van der Waals surface area contributed by atoms with Crippen molar-refractivity contribution < 1.29 is 9.18 Å². The second-order valence-corrected chi connectivity index (χ2v) is 4.58. The SMILES string of the molecule is CCCn1c(C(=O)NCC)cc2ccc(F)cc2c1=O. The van der Waals surface area contributed by atoms with Gasteiger partial charge in [0, 0.05) is 13.1 Å². The standard InChI is InChI=1S/C15H17FN2O2/c1-3-7-18-13(14(19)17-4-2)8-10-5-6-11(16)9-12(10)15(18)20/h5-6,8-9H,3-4,7H2,1-2H3,(H,17,19). The quantitative estimate of drug-likeness (QED) is 0.931. The first kappa shape index (κ1) is 14.2. The molecule has 2 aromatic rings. The maximum Gasteiger partial charge on any atom is 0.268 e. The number of nitrogens with zero attached hydrogens (tertiary/aromatic N) is 1. The van der Waals surface area contributed by atoms with Gasteiger partial charge in [0.1, 0.15) is 11.5 Å². The number of amides is 1. The van der Waals surface area contributed by atoms with Crippen LogP contribution >= 0.6 is 0 Å². The molecule has 0 aliphatic carbocycles. The van der Waals surface area contributed by atoms with Crippen LogP contribution < -0.4 is 10.9 Å². The summed E-state index contributed by atoms with van der Waals surface area (Å²) in [4.78, 5) is 24.5. The average molecular weight is 276 g/mol. The number of aromatic nitrogens is 1. The molecule has 0 atom stereocenters. The molecule has 5 heteroatoms. The third-order valence-corrected chi connectivity index (χ3v) is 3.09. The molecule has 106 valence electrons. The van der Waals surface area contributed by atoms with Gasteiger partial charge in [-0.2, -0.15) is 0 Å². The molecule has 0 spiro atoms. The van der Waals surface area contributed by atoms with E-state index in [-0.39, 0.29) is 11.5 Å². The summed E-state index contributed by atoms with van der Waals surface area (Å²) < 4.78 is 14.7. The van der Waals surface area contributed by atoms with Gasteiger partial charge in [-0.25, -0.2) is 4.39 Å². The smallest absolute Gasteiger partial charge is 0.268 e. The Morgan fingerprint density at radius 1 is 1.30 bits per heavy atom. The Balaban J connectivity index is 2.73. The second kappa shape index (κ2) is 5.86. The van der Waals surface area contributed by atoms with E-state index in [9.17, 15) is 14.0 Å². The fourth-order valence-corrected chi connectivity index (χ4v) is 2.20. The van der Waals surface area contributed by atoms with E-state index >= 15 is 0 Å². The van der Waals surface area contributed by atoms with E-state index in [1.54, 1.807) is 6.07 Å². The van der Waals surface area contributed by atoms with Crippen LogP contribution in [0.15, 0.2) is 29.1 Å². The number of hydrogen-bond acceptors (Lipinski definition) is 2. The molecule has 1 heterocycles. The van der Waals surface area contributed by atoms with E-state index in [4.69, 9.17) is 0 Å². The van der Waals surface area contributed by atoms with Gasteiger partial charge >= 0.3 is 0 Å². The van der Waals surface area contributed by atoms with Crippen LogP contribution in [0.1, 0.15) is 30.8 Å². The number of carbonyl (C=O) groups is 1. The van der Waals surface area contributed by atoms with E-state index in [2.05, 4.69) is 5.32 Å². The van der Waals surface area contributed by atoms with Crippen molar-refractivity contribution in [3.63, 3.8) is 0 Å². The van der Waals surface area contributed by atoms with E-state index in [1.807, 2.05) is 13.8 Å². The molecule has 1 N–H and O–H groups in total. The predicted molar refractivity (Wildman–Crippen MR) is 76.5 cm³/mol. The van der Waals surface area contributed by atoms with Crippen LogP contribution in [0.3, 0.4) is 0 Å². The van der Waals surface area contributed by atoms with Gasteiger partial charge in [0.05, 0.1) is 5.39 Å². The number of pyridine rings is 1. The lowest BCUT2D eigenvalue weighted by atomic mass is 10.1. The molecule has 0 saturated carbocycles. The van der Waals surface area contributed by atoms with Crippen molar-refractivity contribution in [2.45, 2.75) is 26.8 Å². The second-order valence-electron chi connectivity index (χ2n) is 4.58. The number of nitrogens with one attached hydrogen (secondary N) is 1. The Morgan fingerprint density at radius 2 is 2.05 bits per heavy atom. The van der Waals surface area contributed by atoms with Gasteiger partial charge in [-0.1, -0.05) is 13.0 Å². The normalized spacial score (nSPS) is 10.8. The monoisotopic (exact) mass is 276 g/mol. The summed E-state index contributed by atoms with van der Waals surface area (Å²) in [5, 5.41) is 3.56. The highest BCUT2D eigenvalue weighted by Gasteiger charge is 2.14. The minimum absolute atomic E-state index is 0.288. The van der Waals surface area contributed by atoms with Gasteiger partial charge in [0.25, 0.3) is 11.5 Å². The Kier molecular flexibility index (Phi) is 4.17. The molecule has 1 aromatic heterocycles. The highest BCUT2D eigenvalue weighted by molar-refractivity contribution is 5.96. The van der Waals surface area contributed by atoms with Gasteiger partial charge in [0.15, 0.2) is 0 Å². The highest BCUT2D eigenvalue weighted by atomic mass is 19.1. The average Bonchev–Trinajstić information content (AvgIpc) is 2.42. The first-order valence-electron chi connectivity index (χ1n) is 6.69. The first-order valence-corrected chi connectivity index (χ1v) is 6.69. The molecular weight excluding hydrogens is 259 g/mol. The predicted octanol–water partition coefficient (Wildman–Crippen LogP) is 2.30. The molecule has 0 saturated heterocycles. The highest BCUT2D eigenvalue weighted by Crippen LogP contribution is 2.14. The number of carbonyl (C=O) groups excluding carboxylic acids is 1. The van der Waals surface area contributed by atoms with Crippen LogP contribution in [0.4, 0.5) is 4.39 Å². The molecule has 0 fully saturated rings. The van der Waals surface area contributed by atoms with Crippen molar-refractivity contribution in [2.75, 3.05) is 6.54 Å². The zero-order valence-electron chi connectivity index (χ0n) is 11.6.